The third-order valence-corrected chi connectivity index (χ3v) is 4.49. The first-order valence-electron chi connectivity index (χ1n) is 8.09. The number of hydrogen-bond acceptors (Lipinski definition) is 2. The highest BCUT2D eigenvalue weighted by molar-refractivity contribution is 5.91. The van der Waals surface area contributed by atoms with E-state index in [1.54, 1.807) is 4.90 Å². The summed E-state index contributed by atoms with van der Waals surface area (Å²) in [5, 5.41) is 4.59. The molecule has 1 amide bonds. The number of carbonyl (C=O) groups is 1. The quantitative estimate of drug-likeness (QED) is 0.812. The van der Waals surface area contributed by atoms with Gasteiger partial charge in [-0.1, -0.05) is 0 Å². The van der Waals surface area contributed by atoms with Gasteiger partial charge in [0.2, 0.25) is 5.91 Å². The van der Waals surface area contributed by atoms with Gasteiger partial charge in [0.1, 0.15) is 11.6 Å². The van der Waals surface area contributed by atoms with Crippen molar-refractivity contribution in [2.45, 2.75) is 31.8 Å². The Morgan fingerprint density at radius 3 is 2.83 bits per heavy atom. The second-order valence-electron chi connectivity index (χ2n) is 6.32. The molecule has 0 bridgehead atoms. The summed E-state index contributed by atoms with van der Waals surface area (Å²) < 4.78 is 28.7. The molecule has 24 heavy (non-hydrogen) atoms. The molecule has 1 saturated carbocycles. The summed E-state index contributed by atoms with van der Waals surface area (Å²) in [6.45, 7) is 1.72. The van der Waals surface area contributed by atoms with Gasteiger partial charge >= 0.3 is 0 Å². The summed E-state index contributed by atoms with van der Waals surface area (Å²) in [6, 6.07) is 5.26. The van der Waals surface area contributed by atoms with Crippen LogP contribution in [0, 0.1) is 11.6 Å². The van der Waals surface area contributed by atoms with Crippen LogP contribution in [0.1, 0.15) is 35.7 Å². The van der Waals surface area contributed by atoms with E-state index >= 15 is 0 Å². The summed E-state index contributed by atoms with van der Waals surface area (Å²) in [5.74, 6) is -0.702. The van der Waals surface area contributed by atoms with E-state index in [2.05, 4.69) is 11.2 Å². The highest BCUT2D eigenvalue weighted by Gasteiger charge is 2.29. The monoisotopic (exact) mass is 329 g/mol. The summed E-state index contributed by atoms with van der Waals surface area (Å²) in [7, 11) is 0. The van der Waals surface area contributed by atoms with E-state index in [-0.39, 0.29) is 11.5 Å². The lowest BCUT2D eigenvalue weighted by Gasteiger charge is -2.26. The van der Waals surface area contributed by atoms with E-state index in [9.17, 15) is 13.6 Å². The van der Waals surface area contributed by atoms with E-state index < -0.39 is 11.6 Å². The number of aromatic nitrogens is 2. The molecule has 0 radical (unpaired) electrons. The first-order valence-corrected chi connectivity index (χ1v) is 8.09. The molecule has 0 N–H and O–H groups in total. The van der Waals surface area contributed by atoms with E-state index in [1.165, 1.54) is 25.0 Å². The first-order chi connectivity index (χ1) is 11.6. The van der Waals surface area contributed by atoms with E-state index in [0.29, 0.717) is 25.6 Å². The maximum absolute atomic E-state index is 13.6. The molecular weight excluding hydrogens is 312 g/mol. The molecule has 2 aromatic rings. The second kappa shape index (κ2) is 5.85. The van der Waals surface area contributed by atoms with Crippen LogP contribution in [0.3, 0.4) is 0 Å². The molecule has 2 aliphatic rings. The summed E-state index contributed by atoms with van der Waals surface area (Å²) in [4.78, 5) is 14.0. The van der Waals surface area contributed by atoms with Crippen LogP contribution in [0.25, 0.3) is 6.08 Å². The molecule has 0 atom stereocenters. The summed E-state index contributed by atoms with van der Waals surface area (Å²) in [5.41, 5.74) is 2.22. The van der Waals surface area contributed by atoms with Gasteiger partial charge < -0.3 is 4.90 Å². The van der Waals surface area contributed by atoms with Crippen molar-refractivity contribution < 1.29 is 13.6 Å². The lowest BCUT2D eigenvalue weighted by molar-refractivity contribution is -0.127. The van der Waals surface area contributed by atoms with Crippen LogP contribution in [-0.2, 0) is 17.9 Å². The fraction of sp³-hybridized carbons (Fsp3) is 0.333. The minimum Gasteiger partial charge on any atom is -0.331 e. The zero-order valence-corrected chi connectivity index (χ0v) is 13.1. The highest BCUT2D eigenvalue weighted by atomic mass is 19.1. The topological polar surface area (TPSA) is 38.1 Å². The number of carbonyl (C=O) groups excluding carboxylic acids is 1. The van der Waals surface area contributed by atoms with Crippen molar-refractivity contribution in [3.05, 3.63) is 58.9 Å². The molecule has 4 rings (SSSR count). The number of benzene rings is 1. The van der Waals surface area contributed by atoms with Gasteiger partial charge in [-0.25, -0.2) is 8.78 Å². The van der Waals surface area contributed by atoms with Crippen molar-refractivity contribution in [3.63, 3.8) is 0 Å². The lowest BCUT2D eigenvalue weighted by atomic mass is 10.2. The van der Waals surface area contributed by atoms with Crippen molar-refractivity contribution in [3.8, 4) is 0 Å². The van der Waals surface area contributed by atoms with Crippen LogP contribution in [0.2, 0.25) is 0 Å². The average Bonchev–Trinajstić information content (AvgIpc) is 3.34. The predicted molar refractivity (Wildman–Crippen MR) is 85.0 cm³/mol. The average molecular weight is 329 g/mol. The van der Waals surface area contributed by atoms with Gasteiger partial charge in [-0.2, -0.15) is 5.10 Å². The second-order valence-corrected chi connectivity index (χ2v) is 6.32. The van der Waals surface area contributed by atoms with Crippen molar-refractivity contribution in [1.29, 1.82) is 0 Å². The predicted octanol–water partition coefficient (Wildman–Crippen LogP) is 3.09. The van der Waals surface area contributed by atoms with Crippen LogP contribution in [-0.4, -0.2) is 27.1 Å². The molecule has 0 saturated heterocycles. The molecule has 1 fully saturated rings. The van der Waals surface area contributed by atoms with Gasteiger partial charge in [0.05, 0.1) is 24.5 Å². The van der Waals surface area contributed by atoms with Crippen molar-refractivity contribution in [2.24, 2.45) is 0 Å². The Morgan fingerprint density at radius 2 is 2.04 bits per heavy atom. The number of halogens is 2. The number of hydrogen-bond donors (Lipinski definition) is 0. The maximum atomic E-state index is 13.6. The van der Waals surface area contributed by atoms with Gasteiger partial charge in [0, 0.05) is 24.1 Å². The van der Waals surface area contributed by atoms with E-state index in [0.717, 1.165) is 29.6 Å². The molecule has 124 valence electrons. The molecule has 1 aromatic heterocycles. The summed E-state index contributed by atoms with van der Waals surface area (Å²) >= 11 is 0. The smallest absolute Gasteiger partial charge is 0.246 e. The minimum atomic E-state index is -0.550. The molecule has 0 unspecified atom stereocenters. The Hall–Kier alpha value is -2.50. The van der Waals surface area contributed by atoms with Gasteiger partial charge in [-0.05, 0) is 43.2 Å². The number of rotatable bonds is 3. The molecule has 1 aliphatic heterocycles. The lowest BCUT2D eigenvalue weighted by Crippen LogP contribution is -2.37. The first kappa shape index (κ1) is 15.1. The third-order valence-electron chi connectivity index (χ3n) is 4.49. The zero-order chi connectivity index (χ0) is 16.7. The SMILES string of the molecule is O=C(/C=C/c1cc(F)ccc1F)N1CCn2nc(C3CC3)cc2C1. The van der Waals surface area contributed by atoms with E-state index in [1.807, 2.05) is 4.68 Å². The Morgan fingerprint density at radius 1 is 1.21 bits per heavy atom. The standard InChI is InChI=1S/C18H17F2N3O/c19-14-4-5-16(20)13(9-14)3-6-18(24)22-7-8-23-15(11-22)10-17(21-23)12-1-2-12/h3-6,9-10,12H,1-2,7-8,11H2/b6-3+. The molecule has 2 heterocycles. The van der Waals surface area contributed by atoms with Crippen LogP contribution < -0.4 is 0 Å². The third kappa shape index (κ3) is 2.96. The molecule has 6 heteroatoms. The number of fused-ring (bicyclic) bond motifs is 1. The molecule has 1 aromatic carbocycles. The van der Waals surface area contributed by atoms with Crippen LogP contribution in [0.4, 0.5) is 8.78 Å². The van der Waals surface area contributed by atoms with Crippen molar-refractivity contribution in [2.75, 3.05) is 6.54 Å². The largest absolute Gasteiger partial charge is 0.331 e. The Balaban J connectivity index is 1.46. The Bertz CT molecular complexity index is 824. The maximum Gasteiger partial charge on any atom is 0.246 e. The van der Waals surface area contributed by atoms with Crippen molar-refractivity contribution in [1.82, 2.24) is 14.7 Å². The van der Waals surface area contributed by atoms with Crippen molar-refractivity contribution >= 4 is 12.0 Å². The fourth-order valence-corrected chi connectivity index (χ4v) is 2.96. The van der Waals surface area contributed by atoms with Gasteiger partial charge in [-0.3, -0.25) is 9.48 Å². The number of amides is 1. The Kier molecular flexibility index (Phi) is 3.67. The summed E-state index contributed by atoms with van der Waals surface area (Å²) in [6.07, 6.45) is 5.01. The van der Waals surface area contributed by atoms with Gasteiger partial charge in [0.25, 0.3) is 0 Å². The highest BCUT2D eigenvalue weighted by Crippen LogP contribution is 2.39. The zero-order valence-electron chi connectivity index (χ0n) is 13.1. The van der Waals surface area contributed by atoms with Crippen LogP contribution in [0.15, 0.2) is 30.3 Å². The fourth-order valence-electron chi connectivity index (χ4n) is 2.96. The van der Waals surface area contributed by atoms with Crippen LogP contribution in [0.5, 0.6) is 0 Å². The van der Waals surface area contributed by atoms with E-state index in [4.69, 9.17) is 0 Å². The Labute approximate surface area is 138 Å². The minimum absolute atomic E-state index is 0.0708. The van der Waals surface area contributed by atoms with Gasteiger partial charge in [-0.15, -0.1) is 0 Å². The molecule has 1 aliphatic carbocycles. The molecule has 0 spiro atoms. The van der Waals surface area contributed by atoms with Gasteiger partial charge in [0.15, 0.2) is 0 Å². The van der Waals surface area contributed by atoms with Crippen LogP contribution >= 0.6 is 0 Å². The number of nitrogens with zero attached hydrogens (tertiary/aromatic N) is 3. The normalized spacial score (nSPS) is 17.3. The molecule has 4 nitrogen and oxygen atoms in total. The molecular formula is C18H17F2N3O.